The highest BCUT2D eigenvalue weighted by molar-refractivity contribution is 6.32. The molecule has 1 unspecified atom stereocenters. The standard InChI is InChI=1S/C13H18ClN3O2/c1-9(17-7-4-10(18)5-8-17)13(19)16-11-3-2-6-15-12(11)14/h2-3,6,9-10,18H,4-5,7-8H2,1H3,(H,16,19). The maximum Gasteiger partial charge on any atom is 0.241 e. The monoisotopic (exact) mass is 283 g/mol. The van der Waals surface area contributed by atoms with Crippen molar-refractivity contribution in [3.8, 4) is 0 Å². The Labute approximate surface area is 117 Å². The zero-order valence-corrected chi connectivity index (χ0v) is 11.6. The van der Waals surface area contributed by atoms with E-state index in [-0.39, 0.29) is 23.2 Å². The first-order valence-corrected chi connectivity index (χ1v) is 6.79. The molecule has 1 amide bonds. The van der Waals surface area contributed by atoms with E-state index in [1.54, 1.807) is 18.3 Å². The molecule has 0 bridgehead atoms. The number of hydrogen-bond acceptors (Lipinski definition) is 4. The van der Waals surface area contributed by atoms with Gasteiger partial charge in [0.15, 0.2) is 5.15 Å². The Kier molecular flexibility index (Phi) is 4.74. The lowest BCUT2D eigenvalue weighted by molar-refractivity contribution is -0.121. The van der Waals surface area contributed by atoms with Gasteiger partial charge in [0.25, 0.3) is 0 Å². The number of anilines is 1. The number of halogens is 1. The largest absolute Gasteiger partial charge is 0.393 e. The molecule has 1 aliphatic heterocycles. The second kappa shape index (κ2) is 6.32. The van der Waals surface area contributed by atoms with Crippen LogP contribution in [-0.2, 0) is 4.79 Å². The minimum atomic E-state index is -0.247. The molecule has 0 spiro atoms. The van der Waals surface area contributed by atoms with Crippen LogP contribution in [0.1, 0.15) is 19.8 Å². The number of carbonyl (C=O) groups excluding carboxylic acids is 1. The third-order valence-electron chi connectivity index (χ3n) is 3.44. The van der Waals surface area contributed by atoms with Gasteiger partial charge in [0.2, 0.25) is 5.91 Å². The van der Waals surface area contributed by atoms with E-state index in [0.717, 1.165) is 13.1 Å². The van der Waals surface area contributed by atoms with Gasteiger partial charge in [0.1, 0.15) is 0 Å². The van der Waals surface area contributed by atoms with Gasteiger partial charge in [-0.2, -0.15) is 0 Å². The minimum Gasteiger partial charge on any atom is -0.393 e. The molecule has 0 saturated carbocycles. The molecule has 6 heteroatoms. The number of likely N-dealkylation sites (tertiary alicyclic amines) is 1. The summed E-state index contributed by atoms with van der Waals surface area (Å²) >= 11 is 5.91. The number of aliphatic hydroxyl groups excluding tert-OH is 1. The van der Waals surface area contributed by atoms with Gasteiger partial charge in [0.05, 0.1) is 17.8 Å². The molecule has 1 saturated heterocycles. The van der Waals surface area contributed by atoms with Crippen LogP contribution in [0.4, 0.5) is 5.69 Å². The molecule has 2 N–H and O–H groups in total. The number of piperidine rings is 1. The maximum absolute atomic E-state index is 12.1. The third-order valence-corrected chi connectivity index (χ3v) is 3.74. The van der Waals surface area contributed by atoms with Crippen molar-refractivity contribution in [3.63, 3.8) is 0 Å². The Hall–Kier alpha value is -1.17. The first kappa shape index (κ1) is 14.2. The summed E-state index contributed by atoms with van der Waals surface area (Å²) < 4.78 is 0. The van der Waals surface area contributed by atoms with E-state index in [0.29, 0.717) is 18.5 Å². The molecule has 1 fully saturated rings. The number of nitrogens with one attached hydrogen (secondary N) is 1. The lowest BCUT2D eigenvalue weighted by Gasteiger charge is -2.33. The van der Waals surface area contributed by atoms with E-state index < -0.39 is 0 Å². The van der Waals surface area contributed by atoms with E-state index in [1.807, 2.05) is 6.92 Å². The van der Waals surface area contributed by atoms with E-state index in [9.17, 15) is 9.90 Å². The first-order valence-electron chi connectivity index (χ1n) is 6.41. The molecule has 1 aromatic heterocycles. The van der Waals surface area contributed by atoms with Gasteiger partial charge in [-0.1, -0.05) is 11.6 Å². The van der Waals surface area contributed by atoms with E-state index in [1.165, 1.54) is 0 Å². The number of amides is 1. The molecule has 19 heavy (non-hydrogen) atoms. The van der Waals surface area contributed by atoms with Crippen molar-refractivity contribution in [2.24, 2.45) is 0 Å². The molecule has 104 valence electrons. The molecule has 0 aromatic carbocycles. The van der Waals surface area contributed by atoms with Gasteiger partial charge in [-0.3, -0.25) is 9.69 Å². The van der Waals surface area contributed by atoms with Crippen molar-refractivity contribution in [2.45, 2.75) is 31.9 Å². The van der Waals surface area contributed by atoms with Gasteiger partial charge in [-0.15, -0.1) is 0 Å². The SMILES string of the molecule is CC(C(=O)Nc1cccnc1Cl)N1CCC(O)CC1. The number of rotatable bonds is 3. The minimum absolute atomic E-state index is 0.105. The van der Waals surface area contributed by atoms with Crippen LogP contribution >= 0.6 is 11.6 Å². The zero-order chi connectivity index (χ0) is 13.8. The van der Waals surface area contributed by atoms with Gasteiger partial charge in [-0.25, -0.2) is 4.98 Å². The molecular weight excluding hydrogens is 266 g/mol. The van der Waals surface area contributed by atoms with Gasteiger partial charge in [-0.05, 0) is 31.9 Å². The molecule has 1 atom stereocenters. The fourth-order valence-electron chi connectivity index (χ4n) is 2.16. The quantitative estimate of drug-likeness (QED) is 0.826. The first-order chi connectivity index (χ1) is 9.08. The van der Waals surface area contributed by atoms with Crippen molar-refractivity contribution >= 4 is 23.2 Å². The molecular formula is C13H18ClN3O2. The average molecular weight is 284 g/mol. The van der Waals surface area contributed by atoms with E-state index in [4.69, 9.17) is 11.6 Å². The Morgan fingerprint density at radius 3 is 2.89 bits per heavy atom. The molecule has 2 heterocycles. The lowest BCUT2D eigenvalue weighted by atomic mass is 10.1. The predicted octanol–water partition coefficient (Wildman–Crippen LogP) is 1.52. The smallest absolute Gasteiger partial charge is 0.241 e. The van der Waals surface area contributed by atoms with Crippen LogP contribution in [0.3, 0.4) is 0 Å². The molecule has 1 aliphatic rings. The fourth-order valence-corrected chi connectivity index (χ4v) is 2.32. The second-order valence-electron chi connectivity index (χ2n) is 4.77. The predicted molar refractivity (Wildman–Crippen MR) is 74.2 cm³/mol. The van der Waals surface area contributed by atoms with Crippen LogP contribution in [0.25, 0.3) is 0 Å². The summed E-state index contributed by atoms with van der Waals surface area (Å²) in [5.74, 6) is -0.105. The van der Waals surface area contributed by atoms with Gasteiger partial charge in [0, 0.05) is 19.3 Å². The second-order valence-corrected chi connectivity index (χ2v) is 5.13. The van der Waals surface area contributed by atoms with Gasteiger partial charge < -0.3 is 10.4 Å². The van der Waals surface area contributed by atoms with Crippen molar-refractivity contribution in [1.82, 2.24) is 9.88 Å². The summed E-state index contributed by atoms with van der Waals surface area (Å²) in [4.78, 5) is 18.1. The number of aromatic nitrogens is 1. The highest BCUT2D eigenvalue weighted by atomic mass is 35.5. The molecule has 5 nitrogen and oxygen atoms in total. The highest BCUT2D eigenvalue weighted by Gasteiger charge is 2.26. The van der Waals surface area contributed by atoms with Crippen LogP contribution in [0.2, 0.25) is 5.15 Å². The van der Waals surface area contributed by atoms with Crippen molar-refractivity contribution in [1.29, 1.82) is 0 Å². The third kappa shape index (κ3) is 3.65. The van der Waals surface area contributed by atoms with Crippen molar-refractivity contribution in [2.75, 3.05) is 18.4 Å². The number of pyridine rings is 1. The maximum atomic E-state index is 12.1. The van der Waals surface area contributed by atoms with E-state index in [2.05, 4.69) is 15.2 Å². The summed E-state index contributed by atoms with van der Waals surface area (Å²) in [5, 5.41) is 12.5. The topological polar surface area (TPSA) is 65.5 Å². The molecule has 0 radical (unpaired) electrons. The van der Waals surface area contributed by atoms with Crippen LogP contribution in [0, 0.1) is 0 Å². The summed E-state index contributed by atoms with van der Waals surface area (Å²) in [6, 6.07) is 3.20. The summed E-state index contributed by atoms with van der Waals surface area (Å²) in [5.41, 5.74) is 0.526. The summed E-state index contributed by atoms with van der Waals surface area (Å²) in [7, 11) is 0. The normalized spacial score (nSPS) is 19.1. The van der Waals surface area contributed by atoms with Crippen LogP contribution in [0.15, 0.2) is 18.3 Å². The summed E-state index contributed by atoms with van der Waals surface area (Å²) in [6.45, 7) is 3.32. The Bertz CT molecular complexity index is 447. The van der Waals surface area contributed by atoms with Crippen molar-refractivity contribution in [3.05, 3.63) is 23.5 Å². The molecule has 1 aromatic rings. The van der Waals surface area contributed by atoms with E-state index >= 15 is 0 Å². The van der Waals surface area contributed by atoms with Crippen LogP contribution in [0.5, 0.6) is 0 Å². The summed E-state index contributed by atoms with van der Waals surface area (Å²) in [6.07, 6.45) is 2.77. The Morgan fingerprint density at radius 1 is 1.58 bits per heavy atom. The number of nitrogens with zero attached hydrogens (tertiary/aromatic N) is 2. The van der Waals surface area contributed by atoms with Gasteiger partial charge >= 0.3 is 0 Å². The zero-order valence-electron chi connectivity index (χ0n) is 10.8. The number of carbonyl (C=O) groups is 1. The lowest BCUT2D eigenvalue weighted by Crippen LogP contribution is -2.47. The van der Waals surface area contributed by atoms with Crippen molar-refractivity contribution < 1.29 is 9.90 Å². The highest BCUT2D eigenvalue weighted by Crippen LogP contribution is 2.19. The van der Waals surface area contributed by atoms with Crippen LogP contribution < -0.4 is 5.32 Å². The van der Waals surface area contributed by atoms with Crippen LogP contribution in [-0.4, -0.2) is 46.1 Å². The number of aliphatic hydroxyl groups is 1. The number of hydrogen-bond donors (Lipinski definition) is 2. The Balaban J connectivity index is 1.94. The Morgan fingerprint density at radius 2 is 2.26 bits per heavy atom. The average Bonchev–Trinajstić information content (AvgIpc) is 2.41. The molecule has 2 rings (SSSR count). The fraction of sp³-hybridized carbons (Fsp3) is 0.538. The molecule has 0 aliphatic carbocycles.